The molecule has 0 unspecified atom stereocenters. The summed E-state index contributed by atoms with van der Waals surface area (Å²) in [6.07, 6.45) is 0. The number of ether oxygens (including phenoxy) is 1. The number of piperazine rings is 1. The van der Waals surface area contributed by atoms with E-state index in [4.69, 9.17) is 4.74 Å². The van der Waals surface area contributed by atoms with E-state index >= 15 is 0 Å². The Bertz CT molecular complexity index is 1130. The molecule has 3 aromatic rings. The Morgan fingerprint density at radius 2 is 1.80 bits per heavy atom. The average molecular weight is 402 g/mol. The third kappa shape index (κ3) is 3.03. The predicted octanol–water partition coefficient (Wildman–Crippen LogP) is 3.56. The highest BCUT2D eigenvalue weighted by Gasteiger charge is 2.31. The first kappa shape index (κ1) is 18.7. The van der Waals surface area contributed by atoms with E-state index in [-0.39, 0.29) is 5.91 Å². The van der Waals surface area contributed by atoms with Crippen molar-refractivity contribution in [1.29, 1.82) is 0 Å². The van der Waals surface area contributed by atoms with Crippen LogP contribution in [0.1, 0.15) is 27.2 Å². The number of fused-ring (bicyclic) bond motifs is 3. The molecule has 1 amide bonds. The maximum Gasteiger partial charge on any atom is 0.274 e. The molecule has 0 spiro atoms. The zero-order valence-corrected chi connectivity index (χ0v) is 17.7. The minimum Gasteiger partial charge on any atom is -0.488 e. The highest BCUT2D eigenvalue weighted by Crippen LogP contribution is 2.38. The number of para-hydroxylation sites is 1. The molecule has 0 aliphatic carbocycles. The fourth-order valence-electron chi connectivity index (χ4n) is 4.61. The maximum atomic E-state index is 13.3. The Kier molecular flexibility index (Phi) is 4.50. The molecule has 2 aliphatic rings. The van der Waals surface area contributed by atoms with Gasteiger partial charge in [-0.15, -0.1) is 0 Å². The van der Waals surface area contributed by atoms with Crippen LogP contribution >= 0.6 is 0 Å². The molecule has 6 heteroatoms. The summed E-state index contributed by atoms with van der Waals surface area (Å²) in [5.41, 5.74) is 7.19. The molecule has 5 rings (SSSR count). The average Bonchev–Trinajstić information content (AvgIpc) is 3.10. The number of hydrogen-bond donors (Lipinski definition) is 0. The summed E-state index contributed by atoms with van der Waals surface area (Å²) in [6.45, 7) is 7.67. The second-order valence-corrected chi connectivity index (χ2v) is 8.15. The van der Waals surface area contributed by atoms with Crippen molar-refractivity contribution in [3.8, 4) is 17.0 Å². The topological polar surface area (TPSA) is 50.6 Å². The molecule has 6 nitrogen and oxygen atoms in total. The van der Waals surface area contributed by atoms with Gasteiger partial charge in [0.1, 0.15) is 12.4 Å². The van der Waals surface area contributed by atoms with Crippen LogP contribution in [0, 0.1) is 13.8 Å². The molecule has 2 aliphatic heterocycles. The Hall–Kier alpha value is -3.28. The van der Waals surface area contributed by atoms with E-state index in [1.54, 1.807) is 0 Å². The van der Waals surface area contributed by atoms with E-state index in [2.05, 4.69) is 42.0 Å². The van der Waals surface area contributed by atoms with Crippen molar-refractivity contribution in [2.75, 3.05) is 31.1 Å². The smallest absolute Gasteiger partial charge is 0.274 e. The molecule has 30 heavy (non-hydrogen) atoms. The van der Waals surface area contributed by atoms with Crippen LogP contribution in [0.4, 0.5) is 5.69 Å². The van der Waals surface area contributed by atoms with E-state index in [1.165, 1.54) is 16.8 Å². The first-order valence-corrected chi connectivity index (χ1v) is 10.4. The van der Waals surface area contributed by atoms with Crippen molar-refractivity contribution in [3.05, 3.63) is 64.8 Å². The monoisotopic (exact) mass is 402 g/mol. The van der Waals surface area contributed by atoms with E-state index in [1.807, 2.05) is 40.9 Å². The van der Waals surface area contributed by atoms with Gasteiger partial charge in [0.05, 0.1) is 5.69 Å². The van der Waals surface area contributed by atoms with Crippen LogP contribution in [0.15, 0.2) is 42.5 Å². The molecule has 3 heterocycles. The number of carbonyl (C=O) groups is 1. The quantitative estimate of drug-likeness (QED) is 0.658. The molecule has 0 atom stereocenters. The molecule has 1 aromatic heterocycles. The molecule has 2 aromatic carbocycles. The summed E-state index contributed by atoms with van der Waals surface area (Å²) in [6, 6.07) is 14.5. The van der Waals surface area contributed by atoms with Gasteiger partial charge >= 0.3 is 0 Å². The number of aromatic nitrogens is 2. The minimum atomic E-state index is -0.00453. The summed E-state index contributed by atoms with van der Waals surface area (Å²) >= 11 is 0. The van der Waals surface area contributed by atoms with Gasteiger partial charge in [-0.25, -0.2) is 0 Å². The van der Waals surface area contributed by atoms with Crippen LogP contribution in [-0.2, 0) is 13.7 Å². The van der Waals surface area contributed by atoms with Crippen LogP contribution in [0.3, 0.4) is 0 Å². The van der Waals surface area contributed by atoms with Crippen LogP contribution < -0.4 is 9.64 Å². The molecule has 0 N–H and O–H groups in total. The fourth-order valence-corrected chi connectivity index (χ4v) is 4.61. The number of benzene rings is 2. The van der Waals surface area contributed by atoms with Gasteiger partial charge in [-0.3, -0.25) is 9.48 Å². The lowest BCUT2D eigenvalue weighted by Crippen LogP contribution is -2.49. The third-order valence-corrected chi connectivity index (χ3v) is 6.12. The maximum absolute atomic E-state index is 13.3. The number of nitrogens with zero attached hydrogens (tertiary/aromatic N) is 4. The summed E-state index contributed by atoms with van der Waals surface area (Å²) in [5, 5.41) is 4.60. The molecule has 1 fully saturated rings. The predicted molar refractivity (Wildman–Crippen MR) is 117 cm³/mol. The van der Waals surface area contributed by atoms with Gasteiger partial charge in [-0.2, -0.15) is 5.10 Å². The van der Waals surface area contributed by atoms with Gasteiger partial charge in [-0.05, 0) is 37.6 Å². The molecule has 154 valence electrons. The number of anilines is 1. The summed E-state index contributed by atoms with van der Waals surface area (Å²) in [4.78, 5) is 17.6. The number of aryl methyl sites for hydroxylation is 3. The van der Waals surface area contributed by atoms with Gasteiger partial charge in [-0.1, -0.05) is 29.8 Å². The van der Waals surface area contributed by atoms with Gasteiger partial charge in [0.2, 0.25) is 0 Å². The van der Waals surface area contributed by atoms with Crippen LogP contribution in [0.5, 0.6) is 5.75 Å². The first-order valence-electron chi connectivity index (χ1n) is 10.4. The van der Waals surface area contributed by atoms with Gasteiger partial charge in [0.15, 0.2) is 5.69 Å². The van der Waals surface area contributed by atoms with E-state index < -0.39 is 0 Å². The van der Waals surface area contributed by atoms with Gasteiger partial charge < -0.3 is 14.5 Å². The van der Waals surface area contributed by atoms with Crippen molar-refractivity contribution < 1.29 is 9.53 Å². The van der Waals surface area contributed by atoms with E-state index in [0.29, 0.717) is 25.4 Å². The highest BCUT2D eigenvalue weighted by atomic mass is 16.5. The van der Waals surface area contributed by atoms with Crippen molar-refractivity contribution in [1.82, 2.24) is 14.7 Å². The normalized spacial score (nSPS) is 15.4. The van der Waals surface area contributed by atoms with Gasteiger partial charge in [0, 0.05) is 50.0 Å². The summed E-state index contributed by atoms with van der Waals surface area (Å²) in [7, 11) is 1.90. The van der Waals surface area contributed by atoms with E-state index in [9.17, 15) is 4.79 Å². The Labute approximate surface area is 176 Å². The lowest BCUT2D eigenvalue weighted by molar-refractivity contribution is 0.0737. The lowest BCUT2D eigenvalue weighted by atomic mass is 10.0. The van der Waals surface area contributed by atoms with Crippen molar-refractivity contribution in [3.63, 3.8) is 0 Å². The second-order valence-electron chi connectivity index (χ2n) is 8.15. The van der Waals surface area contributed by atoms with Crippen LogP contribution in [0.25, 0.3) is 11.3 Å². The van der Waals surface area contributed by atoms with Crippen LogP contribution in [-0.4, -0.2) is 46.8 Å². The number of rotatable bonds is 2. The zero-order valence-electron chi connectivity index (χ0n) is 17.7. The largest absolute Gasteiger partial charge is 0.488 e. The summed E-state index contributed by atoms with van der Waals surface area (Å²) < 4.78 is 7.72. The van der Waals surface area contributed by atoms with Gasteiger partial charge in [0.25, 0.3) is 5.91 Å². The van der Waals surface area contributed by atoms with Crippen molar-refractivity contribution >= 4 is 11.6 Å². The molecular formula is C24H26N4O2. The Balaban J connectivity index is 1.36. The first-order chi connectivity index (χ1) is 14.5. The van der Waals surface area contributed by atoms with E-state index in [0.717, 1.165) is 35.7 Å². The van der Waals surface area contributed by atoms with Crippen molar-refractivity contribution in [2.45, 2.75) is 20.5 Å². The molecule has 0 radical (unpaired) electrons. The minimum absolute atomic E-state index is 0.00453. The number of amides is 1. The number of carbonyl (C=O) groups excluding carboxylic acids is 1. The third-order valence-electron chi connectivity index (χ3n) is 6.12. The fraction of sp³-hybridized carbons (Fsp3) is 0.333. The Morgan fingerprint density at radius 3 is 2.57 bits per heavy atom. The molecule has 0 bridgehead atoms. The van der Waals surface area contributed by atoms with Crippen molar-refractivity contribution in [2.24, 2.45) is 7.05 Å². The van der Waals surface area contributed by atoms with Crippen LogP contribution in [0.2, 0.25) is 0 Å². The zero-order chi connectivity index (χ0) is 20.8. The highest BCUT2D eigenvalue weighted by molar-refractivity contribution is 5.96. The Morgan fingerprint density at radius 1 is 1.03 bits per heavy atom. The molecule has 1 saturated heterocycles. The second kappa shape index (κ2) is 7.20. The lowest BCUT2D eigenvalue weighted by Gasteiger charge is -2.36. The summed E-state index contributed by atoms with van der Waals surface area (Å²) in [5.74, 6) is 0.837. The number of hydrogen-bond acceptors (Lipinski definition) is 4. The SMILES string of the molecule is Cc1ccc(N2CCN(C(=O)c3nn(C)c4c3COc3ccccc3-4)CC2)c(C)c1. The molecular weight excluding hydrogens is 376 g/mol. The molecule has 0 saturated carbocycles. The standard InChI is InChI=1S/C24H26N4O2/c1-16-8-9-20(17(2)14-16)27-10-12-28(13-11-27)24(29)22-19-15-30-21-7-5-4-6-18(21)23(19)26(3)25-22/h4-9,14H,10-13,15H2,1-3H3.